The van der Waals surface area contributed by atoms with E-state index in [1.54, 1.807) is 0 Å². The second-order valence-electron chi connectivity index (χ2n) is 6.93. The van der Waals surface area contributed by atoms with Crippen LogP contribution in [0.5, 0.6) is 0 Å². The average molecular weight is 371 g/mol. The maximum atomic E-state index is 12.7. The van der Waals surface area contributed by atoms with E-state index in [-0.39, 0.29) is 17.7 Å². The van der Waals surface area contributed by atoms with Gasteiger partial charge in [0.15, 0.2) is 0 Å². The van der Waals surface area contributed by atoms with Crippen molar-refractivity contribution in [3.05, 3.63) is 52.2 Å². The number of hydrogen-bond donors (Lipinski definition) is 1. The number of carbonyl (C=O) groups is 2. The first-order chi connectivity index (χ1) is 12.6. The molecule has 0 aliphatic carbocycles. The number of thiophene rings is 1. The summed E-state index contributed by atoms with van der Waals surface area (Å²) in [5, 5.41) is 5.05. The van der Waals surface area contributed by atoms with Crippen molar-refractivity contribution in [2.75, 3.05) is 18.4 Å². The Bertz CT molecular complexity index is 749. The van der Waals surface area contributed by atoms with E-state index >= 15 is 0 Å². The maximum Gasteiger partial charge on any atom is 0.263 e. The van der Waals surface area contributed by atoms with Crippen LogP contribution >= 0.6 is 11.3 Å². The molecular weight excluding hydrogens is 344 g/mol. The van der Waals surface area contributed by atoms with Crippen LogP contribution in [0.25, 0.3) is 0 Å². The van der Waals surface area contributed by atoms with Gasteiger partial charge < -0.3 is 10.2 Å². The van der Waals surface area contributed by atoms with Crippen LogP contribution in [0.15, 0.2) is 41.8 Å². The van der Waals surface area contributed by atoms with Crippen LogP contribution in [0, 0.1) is 5.92 Å². The molecule has 1 fully saturated rings. The van der Waals surface area contributed by atoms with Gasteiger partial charge in [-0.3, -0.25) is 9.59 Å². The van der Waals surface area contributed by atoms with Gasteiger partial charge in [0.25, 0.3) is 5.91 Å². The normalized spacial score (nSPS) is 16.3. The van der Waals surface area contributed by atoms with Gasteiger partial charge in [-0.2, -0.15) is 0 Å². The smallest absolute Gasteiger partial charge is 0.263 e. The third-order valence-corrected chi connectivity index (χ3v) is 6.10. The second kappa shape index (κ2) is 8.49. The number of nitrogens with one attached hydrogen (secondary N) is 1. The molecule has 4 nitrogen and oxygen atoms in total. The SMILES string of the molecule is CCC(C)c1ccccc1NC(=O)C1CCN(C(=O)c2cccs2)CC1. The van der Waals surface area contributed by atoms with Crippen molar-refractivity contribution in [3.63, 3.8) is 0 Å². The van der Waals surface area contributed by atoms with E-state index in [1.165, 1.54) is 16.9 Å². The maximum absolute atomic E-state index is 12.7. The lowest BCUT2D eigenvalue weighted by Gasteiger charge is -2.31. The van der Waals surface area contributed by atoms with E-state index < -0.39 is 0 Å². The van der Waals surface area contributed by atoms with Crippen molar-refractivity contribution >= 4 is 28.8 Å². The van der Waals surface area contributed by atoms with Crippen molar-refractivity contribution in [3.8, 4) is 0 Å². The highest BCUT2D eigenvalue weighted by atomic mass is 32.1. The summed E-state index contributed by atoms with van der Waals surface area (Å²) in [5.41, 5.74) is 2.11. The van der Waals surface area contributed by atoms with Crippen LogP contribution in [0.1, 0.15) is 54.3 Å². The molecule has 1 N–H and O–H groups in total. The van der Waals surface area contributed by atoms with E-state index in [0.717, 1.165) is 17.0 Å². The summed E-state index contributed by atoms with van der Waals surface area (Å²) >= 11 is 1.47. The molecule has 1 atom stereocenters. The standard InChI is InChI=1S/C21H26N2O2S/c1-3-15(2)17-7-4-5-8-18(17)22-20(24)16-10-12-23(13-11-16)21(25)19-9-6-14-26-19/h4-9,14-16H,3,10-13H2,1-2H3,(H,22,24). The predicted molar refractivity (Wildman–Crippen MR) is 107 cm³/mol. The number of amides is 2. The van der Waals surface area contributed by atoms with E-state index in [4.69, 9.17) is 0 Å². The first kappa shape index (κ1) is 18.6. The molecule has 1 aliphatic rings. The Hall–Kier alpha value is -2.14. The van der Waals surface area contributed by atoms with Gasteiger partial charge in [-0.15, -0.1) is 11.3 Å². The number of anilines is 1. The Morgan fingerprint density at radius 2 is 1.92 bits per heavy atom. The molecule has 0 radical (unpaired) electrons. The van der Waals surface area contributed by atoms with E-state index in [9.17, 15) is 9.59 Å². The molecule has 2 aromatic rings. The molecule has 2 heterocycles. The fraction of sp³-hybridized carbons (Fsp3) is 0.429. The minimum Gasteiger partial charge on any atom is -0.338 e. The van der Waals surface area contributed by atoms with Crippen molar-refractivity contribution in [1.82, 2.24) is 4.90 Å². The minimum atomic E-state index is -0.0348. The summed E-state index contributed by atoms with van der Waals surface area (Å²) < 4.78 is 0. The topological polar surface area (TPSA) is 49.4 Å². The molecule has 0 spiro atoms. The van der Waals surface area contributed by atoms with E-state index in [0.29, 0.717) is 31.8 Å². The summed E-state index contributed by atoms with van der Waals surface area (Å²) in [5.74, 6) is 0.536. The number of benzene rings is 1. The molecule has 0 bridgehead atoms. The van der Waals surface area contributed by atoms with Gasteiger partial charge in [0, 0.05) is 24.7 Å². The molecule has 1 aromatic carbocycles. The zero-order valence-electron chi connectivity index (χ0n) is 15.4. The lowest BCUT2D eigenvalue weighted by molar-refractivity contribution is -0.121. The van der Waals surface area contributed by atoms with Gasteiger partial charge in [0.1, 0.15) is 0 Å². The Labute approximate surface area is 159 Å². The molecule has 138 valence electrons. The number of hydrogen-bond acceptors (Lipinski definition) is 3. The molecule has 3 rings (SSSR count). The Kier molecular flexibility index (Phi) is 6.09. The number of piperidine rings is 1. The summed E-state index contributed by atoms with van der Waals surface area (Å²) in [6.07, 6.45) is 2.47. The Morgan fingerprint density at radius 1 is 1.19 bits per heavy atom. The van der Waals surface area contributed by atoms with Gasteiger partial charge in [0.05, 0.1) is 4.88 Å². The first-order valence-corrected chi connectivity index (χ1v) is 10.2. The van der Waals surface area contributed by atoms with Gasteiger partial charge >= 0.3 is 0 Å². The van der Waals surface area contributed by atoms with E-state index in [1.807, 2.05) is 40.6 Å². The van der Waals surface area contributed by atoms with Crippen molar-refractivity contribution in [2.24, 2.45) is 5.92 Å². The lowest BCUT2D eigenvalue weighted by Crippen LogP contribution is -2.41. The largest absolute Gasteiger partial charge is 0.338 e. The van der Waals surface area contributed by atoms with Gasteiger partial charge in [-0.05, 0) is 48.3 Å². The highest BCUT2D eigenvalue weighted by molar-refractivity contribution is 7.12. The first-order valence-electron chi connectivity index (χ1n) is 9.32. The van der Waals surface area contributed by atoms with Gasteiger partial charge in [0.2, 0.25) is 5.91 Å². The van der Waals surface area contributed by atoms with Crippen LogP contribution in [0.2, 0.25) is 0 Å². The summed E-state index contributed by atoms with van der Waals surface area (Å²) in [4.78, 5) is 27.8. The third kappa shape index (κ3) is 4.15. The summed E-state index contributed by atoms with van der Waals surface area (Å²) in [6, 6.07) is 11.8. The van der Waals surface area contributed by atoms with Gasteiger partial charge in [-0.25, -0.2) is 0 Å². The van der Waals surface area contributed by atoms with Crippen LogP contribution in [-0.4, -0.2) is 29.8 Å². The fourth-order valence-electron chi connectivity index (χ4n) is 3.40. The monoisotopic (exact) mass is 370 g/mol. The minimum absolute atomic E-state index is 0.0348. The van der Waals surface area contributed by atoms with Crippen LogP contribution in [0.4, 0.5) is 5.69 Å². The number of para-hydroxylation sites is 1. The lowest BCUT2D eigenvalue weighted by atomic mass is 9.94. The van der Waals surface area contributed by atoms with Crippen molar-refractivity contribution in [1.29, 1.82) is 0 Å². The summed E-state index contributed by atoms with van der Waals surface area (Å²) in [6.45, 7) is 5.62. The van der Waals surface area contributed by atoms with Crippen LogP contribution in [0.3, 0.4) is 0 Å². The quantitative estimate of drug-likeness (QED) is 0.825. The molecular formula is C21H26N2O2S. The zero-order valence-corrected chi connectivity index (χ0v) is 16.2. The number of rotatable bonds is 5. The van der Waals surface area contributed by atoms with Crippen LogP contribution in [-0.2, 0) is 4.79 Å². The molecule has 1 unspecified atom stereocenters. The zero-order chi connectivity index (χ0) is 18.5. The predicted octanol–water partition coefficient (Wildman–Crippen LogP) is 4.75. The number of likely N-dealkylation sites (tertiary alicyclic amines) is 1. The molecule has 2 amide bonds. The number of nitrogens with zero attached hydrogens (tertiary/aromatic N) is 1. The fourth-order valence-corrected chi connectivity index (χ4v) is 4.09. The Morgan fingerprint density at radius 3 is 2.58 bits per heavy atom. The number of carbonyl (C=O) groups excluding carboxylic acids is 2. The van der Waals surface area contributed by atoms with Gasteiger partial charge in [-0.1, -0.05) is 38.1 Å². The Balaban J connectivity index is 1.59. The molecule has 0 saturated carbocycles. The van der Waals surface area contributed by atoms with E-state index in [2.05, 4.69) is 25.2 Å². The molecule has 1 aliphatic heterocycles. The van der Waals surface area contributed by atoms with Crippen molar-refractivity contribution < 1.29 is 9.59 Å². The van der Waals surface area contributed by atoms with Crippen LogP contribution < -0.4 is 5.32 Å². The third-order valence-electron chi connectivity index (χ3n) is 5.25. The second-order valence-corrected chi connectivity index (χ2v) is 7.88. The molecule has 1 aromatic heterocycles. The molecule has 5 heteroatoms. The van der Waals surface area contributed by atoms with Crippen molar-refractivity contribution in [2.45, 2.75) is 39.0 Å². The molecule has 26 heavy (non-hydrogen) atoms. The summed E-state index contributed by atoms with van der Waals surface area (Å²) in [7, 11) is 0. The average Bonchev–Trinajstić information content (AvgIpc) is 3.22. The molecule has 1 saturated heterocycles. The highest BCUT2D eigenvalue weighted by Gasteiger charge is 2.28. The highest BCUT2D eigenvalue weighted by Crippen LogP contribution is 2.28.